The topological polar surface area (TPSA) is 30.5 Å². The largest absolute Gasteiger partial charge is 0.490 e. The van der Waals surface area contributed by atoms with Crippen molar-refractivity contribution in [3.63, 3.8) is 0 Å². The first-order chi connectivity index (χ1) is 15.1. The molecule has 4 aliphatic carbocycles. The maximum absolute atomic E-state index is 6.29. The fourth-order valence-corrected chi connectivity index (χ4v) is 7.00. The van der Waals surface area contributed by atoms with Gasteiger partial charge in [-0.3, -0.25) is 0 Å². The van der Waals surface area contributed by atoms with E-state index >= 15 is 0 Å². The third kappa shape index (κ3) is 4.62. The summed E-state index contributed by atoms with van der Waals surface area (Å²) in [5.74, 6) is 5.30. The van der Waals surface area contributed by atoms with Gasteiger partial charge >= 0.3 is 0 Å². The van der Waals surface area contributed by atoms with E-state index in [1.165, 1.54) is 37.7 Å². The van der Waals surface area contributed by atoms with Crippen LogP contribution in [0.5, 0.6) is 11.5 Å². The molecule has 3 nitrogen and oxygen atoms in total. The first-order valence-electron chi connectivity index (χ1n) is 11.7. The molecule has 0 spiro atoms. The molecule has 5 heteroatoms. The van der Waals surface area contributed by atoms with Crippen LogP contribution in [0, 0.1) is 23.7 Å². The summed E-state index contributed by atoms with van der Waals surface area (Å²) in [6.07, 6.45) is 7.24. The van der Waals surface area contributed by atoms with Crippen LogP contribution in [0.4, 0.5) is 0 Å². The van der Waals surface area contributed by atoms with Crippen molar-refractivity contribution < 1.29 is 9.47 Å². The molecular weight excluding hydrogens is 474 g/mol. The van der Waals surface area contributed by atoms with Crippen molar-refractivity contribution in [2.45, 2.75) is 58.2 Å². The highest BCUT2D eigenvalue weighted by Gasteiger charge is 2.47. The molecule has 0 unspecified atom stereocenters. The van der Waals surface area contributed by atoms with Crippen LogP contribution < -0.4 is 14.8 Å². The predicted molar refractivity (Wildman–Crippen MR) is 129 cm³/mol. The average Bonchev–Trinajstić information content (AvgIpc) is 2.74. The van der Waals surface area contributed by atoms with Crippen LogP contribution in [-0.2, 0) is 13.2 Å². The van der Waals surface area contributed by atoms with E-state index in [1.807, 2.05) is 37.3 Å². The fraction of sp³-hybridized carbons (Fsp3) is 0.538. The maximum atomic E-state index is 6.29. The standard InChI is InChI=1S/C26H31BrClNO2/c1-2-30-24-12-21(14-29-26-19-8-16-7-17(10-19)11-20(26)9-16)22(27)13-25(24)31-15-18-5-3-4-6-23(18)28/h3-6,12-13,16-17,19-20,26,29H,2,7-11,14-15H2,1H3. The molecule has 4 saturated carbocycles. The summed E-state index contributed by atoms with van der Waals surface area (Å²) < 4.78 is 13.1. The Morgan fingerprint density at radius 1 is 0.935 bits per heavy atom. The molecule has 4 aliphatic rings. The van der Waals surface area contributed by atoms with Gasteiger partial charge in [0.2, 0.25) is 0 Å². The summed E-state index contributed by atoms with van der Waals surface area (Å²) in [6, 6.07) is 12.6. The van der Waals surface area contributed by atoms with E-state index in [2.05, 4.69) is 27.3 Å². The minimum atomic E-state index is 0.414. The second-order valence-electron chi connectivity index (χ2n) is 9.54. The summed E-state index contributed by atoms with van der Waals surface area (Å²) in [4.78, 5) is 0. The van der Waals surface area contributed by atoms with E-state index in [-0.39, 0.29) is 0 Å². The predicted octanol–water partition coefficient (Wildman–Crippen LogP) is 6.99. The molecule has 0 heterocycles. The third-order valence-electron chi connectivity index (χ3n) is 7.51. The van der Waals surface area contributed by atoms with Crippen LogP contribution in [0.15, 0.2) is 40.9 Å². The molecule has 6 rings (SSSR count). The highest BCUT2D eigenvalue weighted by atomic mass is 79.9. The molecule has 2 aromatic carbocycles. The highest BCUT2D eigenvalue weighted by molar-refractivity contribution is 9.10. The molecule has 4 bridgehead atoms. The van der Waals surface area contributed by atoms with Crippen LogP contribution in [0.2, 0.25) is 5.02 Å². The Kier molecular flexibility index (Phi) is 6.50. The van der Waals surface area contributed by atoms with Gasteiger partial charge in [0.15, 0.2) is 11.5 Å². The Hall–Kier alpha value is -1.23. The molecule has 0 atom stereocenters. The molecule has 1 N–H and O–H groups in total. The van der Waals surface area contributed by atoms with Crippen molar-refractivity contribution in [2.24, 2.45) is 23.7 Å². The van der Waals surface area contributed by atoms with Gasteiger partial charge in [0.25, 0.3) is 0 Å². The third-order valence-corrected chi connectivity index (χ3v) is 8.62. The van der Waals surface area contributed by atoms with Crippen molar-refractivity contribution in [3.05, 3.63) is 57.0 Å². The van der Waals surface area contributed by atoms with Crippen LogP contribution in [0.25, 0.3) is 0 Å². The molecule has 0 radical (unpaired) electrons. The van der Waals surface area contributed by atoms with Gasteiger partial charge in [0.1, 0.15) is 6.61 Å². The van der Waals surface area contributed by atoms with E-state index in [9.17, 15) is 0 Å². The zero-order valence-corrected chi connectivity index (χ0v) is 20.4. The Morgan fingerprint density at radius 2 is 1.61 bits per heavy atom. The van der Waals surface area contributed by atoms with Crippen molar-refractivity contribution in [3.8, 4) is 11.5 Å². The van der Waals surface area contributed by atoms with Crippen LogP contribution >= 0.6 is 27.5 Å². The quantitative estimate of drug-likeness (QED) is 0.420. The number of hydrogen-bond donors (Lipinski definition) is 1. The van der Waals surface area contributed by atoms with Crippen molar-refractivity contribution in [2.75, 3.05) is 6.61 Å². The molecule has 0 saturated heterocycles. The van der Waals surface area contributed by atoms with Gasteiger partial charge in [-0.1, -0.05) is 45.7 Å². The molecule has 2 aromatic rings. The maximum Gasteiger partial charge on any atom is 0.162 e. The van der Waals surface area contributed by atoms with Gasteiger partial charge in [0, 0.05) is 27.6 Å². The molecule has 4 fully saturated rings. The minimum Gasteiger partial charge on any atom is -0.490 e. The van der Waals surface area contributed by atoms with Gasteiger partial charge in [-0.25, -0.2) is 0 Å². The molecule has 31 heavy (non-hydrogen) atoms. The molecule has 0 amide bonds. The van der Waals surface area contributed by atoms with E-state index in [1.54, 1.807) is 0 Å². The number of hydrogen-bond acceptors (Lipinski definition) is 3. The first-order valence-corrected chi connectivity index (χ1v) is 12.8. The number of rotatable bonds is 8. The summed E-state index contributed by atoms with van der Waals surface area (Å²) in [6.45, 7) is 3.88. The normalized spacial score (nSPS) is 28.7. The van der Waals surface area contributed by atoms with Gasteiger partial charge in [-0.2, -0.15) is 0 Å². The molecule has 0 aromatic heterocycles. The van der Waals surface area contributed by atoms with Crippen molar-refractivity contribution >= 4 is 27.5 Å². The smallest absolute Gasteiger partial charge is 0.162 e. The zero-order chi connectivity index (χ0) is 21.4. The van der Waals surface area contributed by atoms with E-state index in [4.69, 9.17) is 21.1 Å². The molecule has 166 valence electrons. The van der Waals surface area contributed by atoms with E-state index in [0.29, 0.717) is 19.3 Å². The van der Waals surface area contributed by atoms with Gasteiger partial charge in [0.05, 0.1) is 6.61 Å². The minimum absolute atomic E-state index is 0.414. The number of halogens is 2. The second-order valence-corrected chi connectivity index (χ2v) is 10.8. The lowest BCUT2D eigenvalue weighted by molar-refractivity contribution is -0.0142. The van der Waals surface area contributed by atoms with Crippen LogP contribution in [0.1, 0.15) is 50.2 Å². The average molecular weight is 505 g/mol. The highest BCUT2D eigenvalue weighted by Crippen LogP contribution is 2.53. The van der Waals surface area contributed by atoms with Crippen LogP contribution in [0.3, 0.4) is 0 Å². The Morgan fingerprint density at radius 3 is 2.29 bits per heavy atom. The Balaban J connectivity index is 1.28. The second kappa shape index (κ2) is 9.33. The Labute approximate surface area is 199 Å². The number of ether oxygens (including phenoxy) is 2. The van der Waals surface area contributed by atoms with Gasteiger partial charge < -0.3 is 14.8 Å². The summed E-state index contributed by atoms with van der Waals surface area (Å²) >= 11 is 10.1. The lowest BCUT2D eigenvalue weighted by atomic mass is 9.54. The van der Waals surface area contributed by atoms with E-state index < -0.39 is 0 Å². The van der Waals surface area contributed by atoms with Gasteiger partial charge in [-0.05, 0) is 86.5 Å². The van der Waals surface area contributed by atoms with Crippen molar-refractivity contribution in [1.29, 1.82) is 0 Å². The SMILES string of the molecule is CCOc1cc(CNC2C3CC4CC(C3)CC2C4)c(Br)cc1OCc1ccccc1Cl. The molecular formula is C26H31BrClNO2. The first kappa shape index (κ1) is 21.6. The number of benzene rings is 2. The lowest BCUT2D eigenvalue weighted by Gasteiger charge is -2.54. The monoisotopic (exact) mass is 503 g/mol. The summed E-state index contributed by atoms with van der Waals surface area (Å²) in [5, 5.41) is 4.65. The van der Waals surface area contributed by atoms with E-state index in [0.717, 1.165) is 56.8 Å². The fourth-order valence-electron chi connectivity index (χ4n) is 6.35. The lowest BCUT2D eigenvalue weighted by Crippen LogP contribution is -2.54. The molecule has 0 aliphatic heterocycles. The zero-order valence-electron chi connectivity index (χ0n) is 18.1. The summed E-state index contributed by atoms with van der Waals surface area (Å²) in [7, 11) is 0. The summed E-state index contributed by atoms with van der Waals surface area (Å²) in [5.41, 5.74) is 2.19. The van der Waals surface area contributed by atoms with Gasteiger partial charge in [-0.15, -0.1) is 0 Å². The van der Waals surface area contributed by atoms with Crippen molar-refractivity contribution in [1.82, 2.24) is 5.32 Å². The van der Waals surface area contributed by atoms with Crippen LogP contribution in [-0.4, -0.2) is 12.6 Å². The number of nitrogens with one attached hydrogen (secondary N) is 1. The Bertz CT molecular complexity index is 906.